The molecule has 0 aliphatic heterocycles. The predicted molar refractivity (Wildman–Crippen MR) is 113 cm³/mol. The van der Waals surface area contributed by atoms with Crippen LogP contribution in [0.1, 0.15) is 20.8 Å². The summed E-state index contributed by atoms with van der Waals surface area (Å²) in [4.78, 5) is 38.5. The molecule has 0 aromatic heterocycles. The molecule has 0 aliphatic rings. The van der Waals surface area contributed by atoms with E-state index in [4.69, 9.17) is 4.74 Å². The molecule has 0 fully saturated rings. The van der Waals surface area contributed by atoms with Gasteiger partial charge in [-0.1, -0.05) is 32.0 Å². The Morgan fingerprint density at radius 1 is 1.03 bits per heavy atom. The van der Waals surface area contributed by atoms with Gasteiger partial charge in [0, 0.05) is 17.9 Å². The number of nitrogens with one attached hydrogen (secondary N) is 2. The summed E-state index contributed by atoms with van der Waals surface area (Å²) in [7, 11) is 0. The summed E-state index contributed by atoms with van der Waals surface area (Å²) in [5, 5.41) is 5.22. The van der Waals surface area contributed by atoms with Crippen molar-refractivity contribution in [2.45, 2.75) is 26.8 Å². The van der Waals surface area contributed by atoms with E-state index in [9.17, 15) is 18.8 Å². The molecule has 30 heavy (non-hydrogen) atoms. The van der Waals surface area contributed by atoms with Gasteiger partial charge in [-0.2, -0.15) is 0 Å². The quantitative estimate of drug-likeness (QED) is 0.646. The number of carbonyl (C=O) groups excluding carboxylic acids is 3. The van der Waals surface area contributed by atoms with Gasteiger partial charge in [-0.25, -0.2) is 14.0 Å². The van der Waals surface area contributed by atoms with E-state index in [1.54, 1.807) is 45.0 Å². The summed E-state index contributed by atoms with van der Waals surface area (Å²) >= 11 is 0. The first kappa shape index (κ1) is 22.9. The van der Waals surface area contributed by atoms with Gasteiger partial charge in [0.2, 0.25) is 0 Å². The van der Waals surface area contributed by atoms with Crippen LogP contribution in [0, 0.1) is 11.7 Å². The fraction of sp³-hybridized carbons (Fsp3) is 0.318. The van der Waals surface area contributed by atoms with Gasteiger partial charge in [-0.3, -0.25) is 4.79 Å². The number of para-hydroxylation sites is 1. The van der Waals surface area contributed by atoms with Gasteiger partial charge in [-0.05, 0) is 49.2 Å². The van der Waals surface area contributed by atoms with Gasteiger partial charge in [0.15, 0.2) is 6.61 Å². The Bertz CT molecular complexity index is 856. The minimum atomic E-state index is -0.928. The number of benzene rings is 2. The molecule has 0 spiro atoms. The first-order valence-electron chi connectivity index (χ1n) is 9.67. The van der Waals surface area contributed by atoms with E-state index >= 15 is 0 Å². The summed E-state index contributed by atoms with van der Waals surface area (Å²) in [6.45, 7) is 5.11. The Balaban J connectivity index is 1.94. The lowest BCUT2D eigenvalue weighted by molar-refractivity contribution is -0.150. The molecule has 7 nitrogen and oxygen atoms in total. The molecule has 0 bridgehead atoms. The van der Waals surface area contributed by atoms with E-state index in [0.29, 0.717) is 17.9 Å². The molecule has 2 aromatic carbocycles. The van der Waals surface area contributed by atoms with Crippen molar-refractivity contribution in [3.8, 4) is 0 Å². The summed E-state index contributed by atoms with van der Waals surface area (Å²) < 4.78 is 18.3. The van der Waals surface area contributed by atoms with Crippen LogP contribution in [0.4, 0.5) is 20.6 Å². The number of carbonyl (C=O) groups is 3. The number of likely N-dealkylation sites (N-methyl/N-ethyl adjacent to an activating group) is 1. The molecule has 8 heteroatoms. The second kappa shape index (κ2) is 10.9. The lowest BCUT2D eigenvalue weighted by Gasteiger charge is -2.23. The van der Waals surface area contributed by atoms with E-state index in [1.165, 1.54) is 29.2 Å². The monoisotopic (exact) mass is 415 g/mol. The number of urea groups is 1. The van der Waals surface area contributed by atoms with Crippen molar-refractivity contribution in [3.05, 3.63) is 60.4 Å². The normalized spacial score (nSPS) is 11.5. The lowest BCUT2D eigenvalue weighted by atomic mass is 10.1. The highest BCUT2D eigenvalue weighted by Crippen LogP contribution is 2.15. The highest BCUT2D eigenvalue weighted by Gasteiger charge is 2.27. The van der Waals surface area contributed by atoms with Crippen molar-refractivity contribution in [1.82, 2.24) is 5.32 Å². The summed E-state index contributed by atoms with van der Waals surface area (Å²) in [5.41, 5.74) is 1.08. The SMILES string of the molecule is CCN(C(=O)COC(=O)[C@@H](NC(=O)Nc1ccccc1)C(C)C)c1ccc(F)cc1. The number of esters is 1. The van der Waals surface area contributed by atoms with Crippen molar-refractivity contribution >= 4 is 29.3 Å². The highest BCUT2D eigenvalue weighted by molar-refractivity contribution is 5.96. The predicted octanol–water partition coefficient (Wildman–Crippen LogP) is 3.57. The Labute approximate surface area is 175 Å². The third-order valence-corrected chi connectivity index (χ3v) is 4.33. The molecule has 160 valence electrons. The Kier molecular flexibility index (Phi) is 8.34. The van der Waals surface area contributed by atoms with Gasteiger partial charge in [0.25, 0.3) is 5.91 Å². The smallest absolute Gasteiger partial charge is 0.329 e. The average molecular weight is 415 g/mol. The van der Waals surface area contributed by atoms with E-state index in [-0.39, 0.29) is 5.92 Å². The third-order valence-electron chi connectivity index (χ3n) is 4.33. The fourth-order valence-electron chi connectivity index (χ4n) is 2.75. The number of hydrogen-bond donors (Lipinski definition) is 2. The number of anilines is 2. The van der Waals surface area contributed by atoms with Crippen molar-refractivity contribution in [2.24, 2.45) is 5.92 Å². The number of amides is 3. The molecule has 2 aromatic rings. The first-order chi connectivity index (χ1) is 14.3. The molecule has 0 radical (unpaired) electrons. The lowest BCUT2D eigenvalue weighted by Crippen LogP contribution is -2.47. The van der Waals surface area contributed by atoms with Gasteiger partial charge in [0.1, 0.15) is 11.9 Å². The van der Waals surface area contributed by atoms with Crippen LogP contribution in [0.15, 0.2) is 54.6 Å². The van der Waals surface area contributed by atoms with Crippen molar-refractivity contribution in [3.63, 3.8) is 0 Å². The molecule has 0 heterocycles. The number of ether oxygens (including phenoxy) is 1. The molecular formula is C22H26FN3O4. The van der Waals surface area contributed by atoms with Crippen LogP contribution in [0.25, 0.3) is 0 Å². The van der Waals surface area contributed by atoms with Crippen molar-refractivity contribution in [1.29, 1.82) is 0 Å². The minimum Gasteiger partial charge on any atom is -0.454 e. The van der Waals surface area contributed by atoms with Gasteiger partial charge >= 0.3 is 12.0 Å². The standard InChI is InChI=1S/C22H26FN3O4/c1-4-26(18-12-10-16(23)11-13-18)19(27)14-30-21(28)20(15(2)3)25-22(29)24-17-8-6-5-7-9-17/h5-13,15,20H,4,14H2,1-3H3,(H2,24,25,29)/t20-/m0/s1. The first-order valence-corrected chi connectivity index (χ1v) is 9.67. The summed E-state index contributed by atoms with van der Waals surface area (Å²) in [6.07, 6.45) is 0. The van der Waals surface area contributed by atoms with Crippen LogP contribution >= 0.6 is 0 Å². The molecule has 2 rings (SSSR count). The fourth-order valence-corrected chi connectivity index (χ4v) is 2.75. The number of hydrogen-bond acceptors (Lipinski definition) is 4. The molecule has 3 amide bonds. The van der Waals surface area contributed by atoms with Gasteiger partial charge in [-0.15, -0.1) is 0 Å². The minimum absolute atomic E-state index is 0.256. The zero-order valence-corrected chi connectivity index (χ0v) is 17.2. The summed E-state index contributed by atoms with van der Waals surface area (Å²) in [6, 6.07) is 12.8. The van der Waals surface area contributed by atoms with E-state index in [2.05, 4.69) is 10.6 Å². The summed E-state index contributed by atoms with van der Waals surface area (Å²) in [5.74, 6) is -1.83. The van der Waals surface area contributed by atoms with E-state index in [1.807, 2.05) is 6.07 Å². The van der Waals surface area contributed by atoms with Crippen LogP contribution in [0.5, 0.6) is 0 Å². The van der Waals surface area contributed by atoms with Crippen LogP contribution < -0.4 is 15.5 Å². The third kappa shape index (κ3) is 6.58. The molecule has 0 aliphatic carbocycles. The Hall–Kier alpha value is -3.42. The van der Waals surface area contributed by atoms with Gasteiger partial charge < -0.3 is 20.3 Å². The molecule has 1 atom stereocenters. The van der Waals surface area contributed by atoms with Crippen molar-refractivity contribution < 1.29 is 23.5 Å². The maximum atomic E-state index is 13.1. The second-order valence-electron chi connectivity index (χ2n) is 6.91. The van der Waals surface area contributed by atoms with E-state index in [0.717, 1.165) is 0 Å². The molecular weight excluding hydrogens is 389 g/mol. The maximum Gasteiger partial charge on any atom is 0.329 e. The van der Waals surface area contributed by atoms with Crippen LogP contribution in [0.3, 0.4) is 0 Å². The number of nitrogens with zero attached hydrogens (tertiary/aromatic N) is 1. The Morgan fingerprint density at radius 3 is 2.23 bits per heavy atom. The molecule has 0 saturated carbocycles. The maximum absolute atomic E-state index is 13.1. The second-order valence-corrected chi connectivity index (χ2v) is 6.91. The topological polar surface area (TPSA) is 87.7 Å². The van der Waals surface area contributed by atoms with Crippen LogP contribution in [0.2, 0.25) is 0 Å². The molecule has 0 unspecified atom stereocenters. The average Bonchev–Trinajstić information content (AvgIpc) is 2.72. The van der Waals surface area contributed by atoms with Crippen LogP contribution in [-0.4, -0.2) is 37.1 Å². The number of rotatable bonds is 8. The molecule has 0 saturated heterocycles. The zero-order valence-electron chi connectivity index (χ0n) is 17.2. The van der Waals surface area contributed by atoms with Crippen molar-refractivity contribution in [2.75, 3.05) is 23.4 Å². The number of halogens is 1. The Morgan fingerprint density at radius 2 is 1.67 bits per heavy atom. The van der Waals surface area contributed by atoms with Crippen LogP contribution in [-0.2, 0) is 14.3 Å². The van der Waals surface area contributed by atoms with E-state index < -0.39 is 36.4 Å². The zero-order chi connectivity index (χ0) is 22.1. The highest BCUT2D eigenvalue weighted by atomic mass is 19.1. The largest absolute Gasteiger partial charge is 0.454 e. The van der Waals surface area contributed by atoms with Gasteiger partial charge in [0.05, 0.1) is 0 Å². The molecule has 2 N–H and O–H groups in total.